The second-order valence-corrected chi connectivity index (χ2v) is 4.99. The van der Waals surface area contributed by atoms with Crippen LogP contribution in [0.5, 0.6) is 0 Å². The first kappa shape index (κ1) is 13.8. The van der Waals surface area contributed by atoms with E-state index in [1.54, 1.807) is 0 Å². The van der Waals surface area contributed by atoms with Crippen LogP contribution in [0.15, 0.2) is 6.07 Å². The van der Waals surface area contributed by atoms with Crippen molar-refractivity contribution in [3.8, 4) is 0 Å². The number of benzene rings is 1. The van der Waals surface area contributed by atoms with Crippen molar-refractivity contribution < 1.29 is 27.2 Å². The van der Waals surface area contributed by atoms with Crippen LogP contribution in [0, 0.1) is 23.3 Å². The molecule has 2 aliphatic heterocycles. The van der Waals surface area contributed by atoms with Crippen molar-refractivity contribution in [3.63, 3.8) is 0 Å². The number of carbonyl (C=O) groups excluding carboxylic acids is 2. The smallest absolute Gasteiger partial charge is 0.250 e. The van der Waals surface area contributed by atoms with E-state index < -0.39 is 53.4 Å². The molecule has 2 heterocycles. The zero-order valence-corrected chi connectivity index (χ0v) is 10.7. The van der Waals surface area contributed by atoms with Gasteiger partial charge in [-0.3, -0.25) is 14.5 Å². The normalized spacial score (nSPS) is 22.0. The van der Waals surface area contributed by atoms with E-state index in [0.717, 1.165) is 0 Å². The molecule has 0 N–H and O–H groups in total. The van der Waals surface area contributed by atoms with E-state index in [2.05, 4.69) is 0 Å². The number of carbonyl (C=O) groups is 2. The van der Waals surface area contributed by atoms with E-state index in [-0.39, 0.29) is 6.07 Å². The summed E-state index contributed by atoms with van der Waals surface area (Å²) < 4.78 is 54.0. The average molecular weight is 302 g/mol. The Kier molecular flexibility index (Phi) is 3.11. The predicted molar refractivity (Wildman–Crippen MR) is 63.4 cm³/mol. The van der Waals surface area contributed by atoms with Crippen LogP contribution in [-0.2, 0) is 9.59 Å². The summed E-state index contributed by atoms with van der Waals surface area (Å²) >= 11 is 0. The molecule has 21 heavy (non-hydrogen) atoms. The van der Waals surface area contributed by atoms with Crippen molar-refractivity contribution in [1.29, 1.82) is 0 Å². The highest BCUT2D eigenvalue weighted by molar-refractivity contribution is 6.07. The molecular formula is C13H10F4N2O2. The summed E-state index contributed by atoms with van der Waals surface area (Å²) in [5, 5.41) is 0. The van der Waals surface area contributed by atoms with Gasteiger partial charge in [0.05, 0.1) is 0 Å². The van der Waals surface area contributed by atoms with Gasteiger partial charge >= 0.3 is 0 Å². The van der Waals surface area contributed by atoms with Gasteiger partial charge in [-0.1, -0.05) is 0 Å². The SMILES string of the molecule is O=C1C2CCCN2C(=O)CN1c1c(F)c(F)cc(F)c1F. The molecule has 1 aromatic rings. The van der Waals surface area contributed by atoms with E-state index in [9.17, 15) is 27.2 Å². The van der Waals surface area contributed by atoms with E-state index in [1.165, 1.54) is 4.90 Å². The minimum absolute atomic E-state index is 0.0618. The molecule has 0 radical (unpaired) electrons. The zero-order chi connectivity index (χ0) is 15.3. The van der Waals surface area contributed by atoms with Gasteiger partial charge < -0.3 is 4.90 Å². The van der Waals surface area contributed by atoms with Gasteiger partial charge in [-0.2, -0.15) is 0 Å². The number of nitrogens with zero attached hydrogens (tertiary/aromatic N) is 2. The molecule has 0 spiro atoms. The summed E-state index contributed by atoms with van der Waals surface area (Å²) in [7, 11) is 0. The Morgan fingerprint density at radius 3 is 2.29 bits per heavy atom. The number of anilines is 1. The van der Waals surface area contributed by atoms with E-state index in [0.29, 0.717) is 24.3 Å². The molecule has 1 unspecified atom stereocenters. The van der Waals surface area contributed by atoms with Crippen molar-refractivity contribution in [1.82, 2.24) is 4.90 Å². The molecule has 3 rings (SSSR count). The van der Waals surface area contributed by atoms with E-state index in [4.69, 9.17) is 0 Å². The molecule has 0 bridgehead atoms. The van der Waals surface area contributed by atoms with Crippen molar-refractivity contribution in [2.45, 2.75) is 18.9 Å². The first-order valence-electron chi connectivity index (χ1n) is 6.35. The van der Waals surface area contributed by atoms with Crippen molar-refractivity contribution in [3.05, 3.63) is 29.3 Å². The Hall–Kier alpha value is -2.12. The molecular weight excluding hydrogens is 292 g/mol. The molecule has 1 aromatic carbocycles. The van der Waals surface area contributed by atoms with Crippen LogP contribution in [0.4, 0.5) is 23.2 Å². The molecule has 0 aliphatic carbocycles. The largest absolute Gasteiger partial charge is 0.329 e. The van der Waals surface area contributed by atoms with Crippen LogP contribution in [-0.4, -0.2) is 35.8 Å². The van der Waals surface area contributed by atoms with E-state index >= 15 is 0 Å². The lowest BCUT2D eigenvalue weighted by molar-refractivity contribution is -0.140. The Morgan fingerprint density at radius 1 is 1.05 bits per heavy atom. The van der Waals surface area contributed by atoms with Gasteiger partial charge in [0.1, 0.15) is 18.3 Å². The van der Waals surface area contributed by atoms with Crippen LogP contribution in [0.3, 0.4) is 0 Å². The summed E-state index contributed by atoms with van der Waals surface area (Å²) in [5.41, 5.74) is -1.14. The lowest BCUT2D eigenvalue weighted by Gasteiger charge is -2.36. The molecule has 112 valence electrons. The fraction of sp³-hybridized carbons (Fsp3) is 0.385. The fourth-order valence-electron chi connectivity index (χ4n) is 2.79. The molecule has 4 nitrogen and oxygen atoms in total. The van der Waals surface area contributed by atoms with Crippen LogP contribution in [0.2, 0.25) is 0 Å². The molecule has 2 aliphatic rings. The van der Waals surface area contributed by atoms with Crippen molar-refractivity contribution >= 4 is 17.5 Å². The fourth-order valence-corrected chi connectivity index (χ4v) is 2.79. The third-order valence-corrected chi connectivity index (χ3v) is 3.78. The van der Waals surface area contributed by atoms with Crippen LogP contribution in [0.1, 0.15) is 12.8 Å². The maximum absolute atomic E-state index is 13.8. The predicted octanol–water partition coefficient (Wildman–Crippen LogP) is 1.58. The second kappa shape index (κ2) is 4.71. The number of hydrogen-bond donors (Lipinski definition) is 0. The van der Waals surface area contributed by atoms with E-state index in [1.807, 2.05) is 0 Å². The number of halogens is 4. The average Bonchev–Trinajstić information content (AvgIpc) is 2.92. The molecule has 8 heteroatoms. The lowest BCUT2D eigenvalue weighted by Crippen LogP contribution is -2.58. The quantitative estimate of drug-likeness (QED) is 0.584. The maximum atomic E-state index is 13.8. The summed E-state index contributed by atoms with van der Waals surface area (Å²) in [6.45, 7) is -0.238. The number of fused-ring (bicyclic) bond motifs is 1. The van der Waals surface area contributed by atoms with Gasteiger partial charge in [0.15, 0.2) is 23.3 Å². The third kappa shape index (κ3) is 1.97. The summed E-state index contributed by atoms with van der Waals surface area (Å²) in [5.74, 6) is -7.81. The van der Waals surface area contributed by atoms with Crippen LogP contribution in [0.25, 0.3) is 0 Å². The van der Waals surface area contributed by atoms with Gasteiger partial charge in [0.25, 0.3) is 0 Å². The summed E-state index contributed by atoms with van der Waals surface area (Å²) in [6, 6.07) is -0.761. The number of piperazine rings is 1. The van der Waals surface area contributed by atoms with Gasteiger partial charge in [0.2, 0.25) is 11.8 Å². The van der Waals surface area contributed by atoms with Gasteiger partial charge in [-0.25, -0.2) is 17.6 Å². The first-order chi connectivity index (χ1) is 9.91. The van der Waals surface area contributed by atoms with Crippen LogP contribution >= 0.6 is 0 Å². The van der Waals surface area contributed by atoms with Gasteiger partial charge in [-0.05, 0) is 12.8 Å². The highest BCUT2D eigenvalue weighted by atomic mass is 19.2. The molecule has 1 atom stereocenters. The molecule has 2 fully saturated rings. The van der Waals surface area contributed by atoms with Gasteiger partial charge in [0, 0.05) is 12.6 Å². The molecule has 0 saturated carbocycles. The lowest BCUT2D eigenvalue weighted by atomic mass is 10.1. The Morgan fingerprint density at radius 2 is 1.67 bits per heavy atom. The molecule has 0 aromatic heterocycles. The third-order valence-electron chi connectivity index (χ3n) is 3.78. The number of rotatable bonds is 1. The summed E-state index contributed by atoms with van der Waals surface area (Å²) in [4.78, 5) is 25.9. The van der Waals surface area contributed by atoms with Crippen molar-refractivity contribution in [2.24, 2.45) is 0 Å². The highest BCUT2D eigenvalue weighted by Crippen LogP contribution is 2.32. The summed E-state index contributed by atoms with van der Waals surface area (Å²) in [6.07, 6.45) is 0.959. The minimum Gasteiger partial charge on any atom is -0.329 e. The Labute approximate surface area is 116 Å². The molecule has 2 amide bonds. The second-order valence-electron chi connectivity index (χ2n) is 4.99. The number of hydrogen-bond acceptors (Lipinski definition) is 2. The van der Waals surface area contributed by atoms with Crippen molar-refractivity contribution in [2.75, 3.05) is 18.0 Å². The van der Waals surface area contributed by atoms with Gasteiger partial charge in [-0.15, -0.1) is 0 Å². The highest BCUT2D eigenvalue weighted by Gasteiger charge is 2.44. The minimum atomic E-state index is -1.68. The topological polar surface area (TPSA) is 40.6 Å². The zero-order valence-electron chi connectivity index (χ0n) is 10.7. The standard InChI is InChI=1S/C13H10F4N2O2/c14-6-4-7(15)11(17)12(10(6)16)19-5-9(20)18-3-1-2-8(18)13(19)21/h4,8H,1-3,5H2. The maximum Gasteiger partial charge on any atom is 0.250 e. The molecule has 2 saturated heterocycles. The number of amides is 2. The first-order valence-corrected chi connectivity index (χ1v) is 6.35. The van der Waals surface area contributed by atoms with Crippen LogP contribution < -0.4 is 4.90 Å². The monoisotopic (exact) mass is 302 g/mol. The Balaban J connectivity index is 2.09. The Bertz CT molecular complexity index is 623.